The lowest BCUT2D eigenvalue weighted by Gasteiger charge is -2.20. The Balaban J connectivity index is 1.72. The Hall–Kier alpha value is -3.21. The molecule has 0 amide bonds. The number of fused-ring (bicyclic) bond motifs is 1. The highest BCUT2D eigenvalue weighted by Gasteiger charge is 2.22. The van der Waals surface area contributed by atoms with Gasteiger partial charge in [0, 0.05) is 46.3 Å². The molecule has 11 heteroatoms. The molecule has 0 bridgehead atoms. The van der Waals surface area contributed by atoms with Crippen LogP contribution in [0.15, 0.2) is 42.5 Å². The largest absolute Gasteiger partial charge is 0.497 e. The van der Waals surface area contributed by atoms with Crippen LogP contribution in [0.4, 0.5) is 10.2 Å². The molecule has 0 unspecified atom stereocenters. The standard InChI is InChI=1S/C28H35ClFN5O3Si/c1-34(17-20-10-11-22(36-2)16-24(20)37-3)27-26-25(31-28(29)32-27)23(15-19-8-7-9-21(30)14-19)35(33-26)18-38-12-13-39(4,5)6/h7-11,14,16H,12-13,15,17-18H2,1-6H3. The molecule has 2 aromatic carbocycles. The van der Waals surface area contributed by atoms with Crippen LogP contribution in [-0.2, 0) is 24.4 Å². The lowest BCUT2D eigenvalue weighted by atomic mass is 10.1. The first-order chi connectivity index (χ1) is 18.6. The highest BCUT2D eigenvalue weighted by atomic mass is 35.5. The normalized spacial score (nSPS) is 11.7. The van der Waals surface area contributed by atoms with Crippen molar-refractivity contribution in [3.63, 3.8) is 0 Å². The summed E-state index contributed by atoms with van der Waals surface area (Å²) < 4.78 is 32.8. The van der Waals surface area contributed by atoms with E-state index in [0.29, 0.717) is 47.9 Å². The van der Waals surface area contributed by atoms with Gasteiger partial charge in [0.1, 0.15) is 29.6 Å². The summed E-state index contributed by atoms with van der Waals surface area (Å²) in [5, 5.41) is 4.97. The van der Waals surface area contributed by atoms with Crippen molar-refractivity contribution in [2.45, 2.75) is 45.4 Å². The maximum absolute atomic E-state index is 14.0. The molecule has 0 spiro atoms. The first-order valence-electron chi connectivity index (χ1n) is 12.7. The molecule has 2 heterocycles. The number of hydrogen-bond acceptors (Lipinski definition) is 7. The van der Waals surface area contributed by atoms with Crippen LogP contribution in [0, 0.1) is 5.82 Å². The molecule has 0 aliphatic carbocycles. The third kappa shape index (κ3) is 7.26. The quantitative estimate of drug-likeness (QED) is 0.114. The van der Waals surface area contributed by atoms with Gasteiger partial charge in [-0.15, -0.1) is 0 Å². The molecule has 0 radical (unpaired) electrons. The number of hydrogen-bond donors (Lipinski definition) is 0. The van der Waals surface area contributed by atoms with Gasteiger partial charge in [-0.2, -0.15) is 10.1 Å². The van der Waals surface area contributed by atoms with Crippen LogP contribution in [0.5, 0.6) is 11.5 Å². The topological polar surface area (TPSA) is 74.5 Å². The second kappa shape index (κ2) is 12.3. The van der Waals surface area contributed by atoms with E-state index in [4.69, 9.17) is 30.9 Å². The Morgan fingerprint density at radius 2 is 1.82 bits per heavy atom. The van der Waals surface area contributed by atoms with E-state index in [9.17, 15) is 4.39 Å². The summed E-state index contributed by atoms with van der Waals surface area (Å²) in [7, 11) is 3.91. The number of methoxy groups -OCH3 is 2. The predicted molar refractivity (Wildman–Crippen MR) is 155 cm³/mol. The molecule has 0 aliphatic heterocycles. The number of aromatic nitrogens is 4. The molecule has 4 aromatic rings. The molecule has 0 N–H and O–H groups in total. The number of ether oxygens (including phenoxy) is 3. The number of rotatable bonds is 12. The smallest absolute Gasteiger partial charge is 0.225 e. The Labute approximate surface area is 234 Å². The number of nitrogens with zero attached hydrogens (tertiary/aromatic N) is 5. The Morgan fingerprint density at radius 3 is 2.51 bits per heavy atom. The molecular weight excluding hydrogens is 537 g/mol. The third-order valence-electron chi connectivity index (χ3n) is 6.38. The highest BCUT2D eigenvalue weighted by molar-refractivity contribution is 6.76. The molecule has 0 saturated carbocycles. The zero-order valence-electron chi connectivity index (χ0n) is 23.3. The van der Waals surface area contributed by atoms with E-state index in [1.54, 1.807) is 25.0 Å². The first kappa shape index (κ1) is 28.8. The minimum absolute atomic E-state index is 0.103. The summed E-state index contributed by atoms with van der Waals surface area (Å²) in [6, 6.07) is 13.2. The lowest BCUT2D eigenvalue weighted by Crippen LogP contribution is -2.22. The second-order valence-electron chi connectivity index (χ2n) is 10.6. The molecule has 0 atom stereocenters. The Morgan fingerprint density at radius 1 is 1.03 bits per heavy atom. The Kier molecular flexibility index (Phi) is 9.09. The first-order valence-corrected chi connectivity index (χ1v) is 16.8. The fraction of sp³-hybridized carbons (Fsp3) is 0.393. The van der Waals surface area contributed by atoms with Crippen LogP contribution < -0.4 is 14.4 Å². The van der Waals surface area contributed by atoms with Crippen LogP contribution in [-0.4, -0.2) is 55.7 Å². The van der Waals surface area contributed by atoms with Crippen molar-refractivity contribution in [3.8, 4) is 11.5 Å². The van der Waals surface area contributed by atoms with E-state index in [2.05, 4.69) is 29.6 Å². The van der Waals surface area contributed by atoms with Crippen molar-refractivity contribution in [1.82, 2.24) is 19.7 Å². The minimum atomic E-state index is -1.25. The van der Waals surface area contributed by atoms with Crippen LogP contribution in [0.25, 0.3) is 11.0 Å². The van der Waals surface area contributed by atoms with Crippen molar-refractivity contribution >= 4 is 36.5 Å². The van der Waals surface area contributed by atoms with Gasteiger partial charge in [0.2, 0.25) is 5.28 Å². The fourth-order valence-electron chi connectivity index (χ4n) is 4.24. The summed E-state index contributed by atoms with van der Waals surface area (Å²) in [4.78, 5) is 11.0. The maximum Gasteiger partial charge on any atom is 0.225 e. The molecule has 2 aromatic heterocycles. The average molecular weight is 572 g/mol. The van der Waals surface area contributed by atoms with Gasteiger partial charge in [-0.25, -0.2) is 14.1 Å². The molecule has 0 saturated heterocycles. The molecule has 208 valence electrons. The number of anilines is 1. The summed E-state index contributed by atoms with van der Waals surface area (Å²) in [5.74, 6) is 1.69. The molecule has 39 heavy (non-hydrogen) atoms. The Bertz CT molecular complexity index is 1440. The third-order valence-corrected chi connectivity index (χ3v) is 8.25. The lowest BCUT2D eigenvalue weighted by molar-refractivity contribution is 0.0772. The van der Waals surface area contributed by atoms with Crippen molar-refractivity contribution in [2.24, 2.45) is 0 Å². The summed E-state index contributed by atoms with van der Waals surface area (Å²) in [6.07, 6.45) is 0.411. The number of benzene rings is 2. The van der Waals surface area contributed by atoms with Crippen LogP contribution in [0.2, 0.25) is 31.0 Å². The van der Waals surface area contributed by atoms with E-state index in [1.165, 1.54) is 12.1 Å². The van der Waals surface area contributed by atoms with Crippen molar-refractivity contribution in [1.29, 1.82) is 0 Å². The SMILES string of the molecule is COc1ccc(CN(C)c2nc(Cl)nc3c(Cc4cccc(F)c4)n(COCC[Si](C)(C)C)nc23)c(OC)c1. The van der Waals surface area contributed by atoms with Gasteiger partial charge in [0.25, 0.3) is 0 Å². The number of halogens is 2. The van der Waals surface area contributed by atoms with Crippen LogP contribution in [0.1, 0.15) is 16.8 Å². The van der Waals surface area contributed by atoms with E-state index < -0.39 is 8.07 Å². The van der Waals surface area contributed by atoms with Gasteiger partial charge in [-0.05, 0) is 47.5 Å². The van der Waals surface area contributed by atoms with Crippen LogP contribution >= 0.6 is 11.6 Å². The molecule has 4 rings (SSSR count). The fourth-order valence-corrected chi connectivity index (χ4v) is 5.16. The van der Waals surface area contributed by atoms with Crippen molar-refractivity contribution < 1.29 is 18.6 Å². The summed E-state index contributed by atoms with van der Waals surface area (Å²) in [5.41, 5.74) is 3.72. The van der Waals surface area contributed by atoms with E-state index in [1.807, 2.05) is 36.2 Å². The van der Waals surface area contributed by atoms with Crippen LogP contribution in [0.3, 0.4) is 0 Å². The van der Waals surface area contributed by atoms with Gasteiger partial charge >= 0.3 is 0 Å². The van der Waals surface area contributed by atoms with Gasteiger partial charge in [0.05, 0.1) is 19.9 Å². The monoisotopic (exact) mass is 571 g/mol. The van der Waals surface area contributed by atoms with E-state index in [-0.39, 0.29) is 17.8 Å². The summed E-state index contributed by atoms with van der Waals surface area (Å²) >= 11 is 6.44. The zero-order valence-corrected chi connectivity index (χ0v) is 25.0. The zero-order chi connectivity index (χ0) is 28.2. The van der Waals surface area contributed by atoms with Crippen molar-refractivity contribution in [2.75, 3.05) is 32.8 Å². The van der Waals surface area contributed by atoms with Gasteiger partial charge in [-0.1, -0.05) is 31.8 Å². The van der Waals surface area contributed by atoms with E-state index in [0.717, 1.165) is 22.9 Å². The molecular formula is C28H35ClFN5O3Si. The van der Waals surface area contributed by atoms with Gasteiger partial charge in [0.15, 0.2) is 11.3 Å². The molecule has 0 fully saturated rings. The van der Waals surface area contributed by atoms with Gasteiger partial charge < -0.3 is 19.1 Å². The molecule has 0 aliphatic rings. The van der Waals surface area contributed by atoms with E-state index >= 15 is 0 Å². The minimum Gasteiger partial charge on any atom is -0.497 e. The average Bonchev–Trinajstić information content (AvgIpc) is 3.22. The maximum atomic E-state index is 14.0. The van der Waals surface area contributed by atoms with Crippen molar-refractivity contribution in [3.05, 3.63) is 70.4 Å². The van der Waals surface area contributed by atoms with Gasteiger partial charge in [-0.3, -0.25) is 0 Å². The second-order valence-corrected chi connectivity index (χ2v) is 16.6. The highest BCUT2D eigenvalue weighted by Crippen LogP contribution is 2.31. The summed E-state index contributed by atoms with van der Waals surface area (Å²) in [6.45, 7) is 8.30. The predicted octanol–water partition coefficient (Wildman–Crippen LogP) is 6.18. The molecule has 8 nitrogen and oxygen atoms in total.